The Morgan fingerprint density at radius 2 is 1.95 bits per heavy atom. The molecule has 0 spiro atoms. The SMILES string of the molecule is CCCNc1cc(CCC)nc(-c2ncccc2CC)n1. The van der Waals surface area contributed by atoms with E-state index < -0.39 is 0 Å². The maximum absolute atomic E-state index is 4.70. The van der Waals surface area contributed by atoms with Gasteiger partial charge >= 0.3 is 0 Å². The molecule has 0 fully saturated rings. The second kappa shape index (κ2) is 7.72. The van der Waals surface area contributed by atoms with Crippen molar-refractivity contribution in [2.75, 3.05) is 11.9 Å². The first kappa shape index (κ1) is 15.4. The normalized spacial score (nSPS) is 10.6. The minimum atomic E-state index is 0.733. The van der Waals surface area contributed by atoms with E-state index in [-0.39, 0.29) is 0 Å². The average Bonchev–Trinajstić information content (AvgIpc) is 2.53. The summed E-state index contributed by atoms with van der Waals surface area (Å²) in [5, 5.41) is 3.36. The average molecular weight is 284 g/mol. The van der Waals surface area contributed by atoms with E-state index >= 15 is 0 Å². The summed E-state index contributed by atoms with van der Waals surface area (Å²) in [6.45, 7) is 7.37. The topological polar surface area (TPSA) is 50.7 Å². The number of hydrogen-bond donors (Lipinski definition) is 1. The van der Waals surface area contributed by atoms with Crippen LogP contribution in [0.25, 0.3) is 11.5 Å². The van der Waals surface area contributed by atoms with Crippen LogP contribution in [0.5, 0.6) is 0 Å². The van der Waals surface area contributed by atoms with E-state index in [0.29, 0.717) is 0 Å². The summed E-state index contributed by atoms with van der Waals surface area (Å²) in [6.07, 6.45) is 5.86. The summed E-state index contributed by atoms with van der Waals surface area (Å²) in [4.78, 5) is 13.8. The molecular formula is C17H24N4. The summed E-state index contributed by atoms with van der Waals surface area (Å²) in [7, 11) is 0. The second-order valence-corrected chi connectivity index (χ2v) is 5.11. The number of rotatable bonds is 7. The van der Waals surface area contributed by atoms with E-state index in [4.69, 9.17) is 4.98 Å². The van der Waals surface area contributed by atoms with E-state index in [1.807, 2.05) is 12.3 Å². The van der Waals surface area contributed by atoms with Gasteiger partial charge in [0.1, 0.15) is 11.5 Å². The zero-order chi connectivity index (χ0) is 15.1. The van der Waals surface area contributed by atoms with Crippen LogP contribution in [0.4, 0.5) is 5.82 Å². The summed E-state index contributed by atoms with van der Waals surface area (Å²) in [6, 6.07) is 6.11. The Kier molecular flexibility index (Phi) is 5.67. The molecule has 4 nitrogen and oxygen atoms in total. The maximum atomic E-state index is 4.70. The lowest BCUT2D eigenvalue weighted by molar-refractivity contribution is 0.869. The van der Waals surface area contributed by atoms with Crippen LogP contribution in [0.1, 0.15) is 44.9 Å². The van der Waals surface area contributed by atoms with Gasteiger partial charge in [0.25, 0.3) is 0 Å². The molecule has 1 N–H and O–H groups in total. The molecule has 0 saturated carbocycles. The molecule has 0 unspecified atom stereocenters. The van der Waals surface area contributed by atoms with Crippen LogP contribution in [0.15, 0.2) is 24.4 Å². The molecule has 2 heterocycles. The number of nitrogens with zero attached hydrogens (tertiary/aromatic N) is 3. The molecular weight excluding hydrogens is 260 g/mol. The highest BCUT2D eigenvalue weighted by Crippen LogP contribution is 2.21. The van der Waals surface area contributed by atoms with Crippen LogP contribution in [-0.4, -0.2) is 21.5 Å². The first-order chi connectivity index (χ1) is 10.3. The number of aryl methyl sites for hydroxylation is 2. The Bertz CT molecular complexity index is 581. The lowest BCUT2D eigenvalue weighted by Gasteiger charge is -2.10. The van der Waals surface area contributed by atoms with E-state index in [1.54, 1.807) is 0 Å². The van der Waals surface area contributed by atoms with Crippen molar-refractivity contribution in [2.45, 2.75) is 46.5 Å². The van der Waals surface area contributed by atoms with Crippen LogP contribution in [0, 0.1) is 0 Å². The van der Waals surface area contributed by atoms with Crippen molar-refractivity contribution in [1.82, 2.24) is 15.0 Å². The van der Waals surface area contributed by atoms with Crippen molar-refractivity contribution in [3.63, 3.8) is 0 Å². The Balaban J connectivity index is 2.43. The molecule has 0 saturated heterocycles. The summed E-state index contributed by atoms with van der Waals surface area (Å²) in [5.41, 5.74) is 3.17. The van der Waals surface area contributed by atoms with Gasteiger partial charge in [-0.05, 0) is 30.9 Å². The highest BCUT2D eigenvalue weighted by Gasteiger charge is 2.11. The molecule has 2 aromatic rings. The fraction of sp³-hybridized carbons (Fsp3) is 0.471. The molecule has 0 aliphatic heterocycles. The highest BCUT2D eigenvalue weighted by molar-refractivity contribution is 5.57. The molecule has 0 aliphatic rings. The van der Waals surface area contributed by atoms with E-state index in [1.165, 1.54) is 5.56 Å². The summed E-state index contributed by atoms with van der Waals surface area (Å²) in [5.74, 6) is 1.63. The molecule has 2 rings (SSSR count). The monoisotopic (exact) mass is 284 g/mol. The second-order valence-electron chi connectivity index (χ2n) is 5.11. The van der Waals surface area contributed by atoms with E-state index in [9.17, 15) is 0 Å². The van der Waals surface area contributed by atoms with Gasteiger partial charge in [-0.2, -0.15) is 0 Å². The van der Waals surface area contributed by atoms with Crippen LogP contribution in [0.3, 0.4) is 0 Å². The van der Waals surface area contributed by atoms with Crippen molar-refractivity contribution in [1.29, 1.82) is 0 Å². The minimum absolute atomic E-state index is 0.733. The third-order valence-corrected chi connectivity index (χ3v) is 3.33. The van der Waals surface area contributed by atoms with Crippen LogP contribution in [-0.2, 0) is 12.8 Å². The summed E-state index contributed by atoms with van der Waals surface area (Å²) < 4.78 is 0. The Hall–Kier alpha value is -1.97. The third kappa shape index (κ3) is 4.00. The van der Waals surface area contributed by atoms with Crippen LogP contribution >= 0.6 is 0 Å². The van der Waals surface area contributed by atoms with Crippen LogP contribution in [0.2, 0.25) is 0 Å². The van der Waals surface area contributed by atoms with Gasteiger partial charge in [-0.3, -0.25) is 4.98 Å². The first-order valence-electron chi connectivity index (χ1n) is 7.84. The Morgan fingerprint density at radius 1 is 1.10 bits per heavy atom. The van der Waals surface area contributed by atoms with Gasteiger partial charge in [-0.1, -0.05) is 33.3 Å². The predicted octanol–water partition coefficient (Wildman–Crippen LogP) is 3.88. The number of nitrogens with one attached hydrogen (secondary N) is 1. The standard InChI is InChI=1S/C17H24N4/c1-4-8-14-12-15(18-10-5-2)21-17(20-14)16-13(6-3)9-7-11-19-16/h7,9,11-12H,4-6,8,10H2,1-3H3,(H,18,20,21). The lowest BCUT2D eigenvalue weighted by Crippen LogP contribution is -2.07. The van der Waals surface area contributed by atoms with Gasteiger partial charge in [-0.25, -0.2) is 9.97 Å². The number of pyridine rings is 1. The summed E-state index contributed by atoms with van der Waals surface area (Å²) >= 11 is 0. The van der Waals surface area contributed by atoms with Crippen molar-refractivity contribution < 1.29 is 0 Å². The molecule has 0 atom stereocenters. The quantitative estimate of drug-likeness (QED) is 0.838. The fourth-order valence-corrected chi connectivity index (χ4v) is 2.26. The fourth-order valence-electron chi connectivity index (χ4n) is 2.26. The van der Waals surface area contributed by atoms with Gasteiger partial charge in [0.15, 0.2) is 5.82 Å². The van der Waals surface area contributed by atoms with Gasteiger partial charge < -0.3 is 5.32 Å². The number of anilines is 1. The Labute approximate surface area is 127 Å². The largest absolute Gasteiger partial charge is 0.370 e. The third-order valence-electron chi connectivity index (χ3n) is 3.33. The van der Waals surface area contributed by atoms with Crippen molar-refractivity contribution in [3.8, 4) is 11.5 Å². The lowest BCUT2D eigenvalue weighted by atomic mass is 10.1. The molecule has 112 valence electrons. The van der Waals surface area contributed by atoms with Crippen molar-refractivity contribution in [3.05, 3.63) is 35.7 Å². The maximum Gasteiger partial charge on any atom is 0.180 e. The van der Waals surface area contributed by atoms with Crippen molar-refractivity contribution in [2.24, 2.45) is 0 Å². The van der Waals surface area contributed by atoms with E-state index in [0.717, 1.165) is 55.3 Å². The molecule has 0 radical (unpaired) electrons. The number of hydrogen-bond acceptors (Lipinski definition) is 4. The predicted molar refractivity (Wildman–Crippen MR) is 87.4 cm³/mol. The van der Waals surface area contributed by atoms with Gasteiger partial charge in [0.2, 0.25) is 0 Å². The zero-order valence-electron chi connectivity index (χ0n) is 13.2. The molecule has 0 aromatic carbocycles. The van der Waals surface area contributed by atoms with Crippen LogP contribution < -0.4 is 5.32 Å². The minimum Gasteiger partial charge on any atom is -0.370 e. The Morgan fingerprint density at radius 3 is 2.67 bits per heavy atom. The highest BCUT2D eigenvalue weighted by atomic mass is 15.0. The van der Waals surface area contributed by atoms with Gasteiger partial charge in [-0.15, -0.1) is 0 Å². The number of aromatic nitrogens is 3. The molecule has 0 amide bonds. The molecule has 21 heavy (non-hydrogen) atoms. The first-order valence-corrected chi connectivity index (χ1v) is 7.84. The molecule has 2 aromatic heterocycles. The van der Waals surface area contributed by atoms with Gasteiger partial charge in [0, 0.05) is 24.5 Å². The smallest absolute Gasteiger partial charge is 0.180 e. The molecule has 0 bridgehead atoms. The zero-order valence-corrected chi connectivity index (χ0v) is 13.2. The van der Waals surface area contributed by atoms with Crippen molar-refractivity contribution >= 4 is 5.82 Å². The van der Waals surface area contributed by atoms with Gasteiger partial charge in [0.05, 0.1) is 0 Å². The van der Waals surface area contributed by atoms with E-state index in [2.05, 4.69) is 48.2 Å². The molecule has 4 heteroatoms. The molecule has 0 aliphatic carbocycles.